The Bertz CT molecular complexity index is 615. The minimum absolute atomic E-state index is 0.0229. The zero-order valence-electron chi connectivity index (χ0n) is 15.4. The Balaban J connectivity index is 1.43. The molecule has 3 N–H and O–H groups in total. The molecule has 1 saturated heterocycles. The molecule has 0 spiro atoms. The smallest absolute Gasteiger partial charge is 0.255 e. The van der Waals surface area contributed by atoms with E-state index in [1.807, 2.05) is 24.3 Å². The highest BCUT2D eigenvalue weighted by molar-refractivity contribution is 5.97. The van der Waals surface area contributed by atoms with Crippen LogP contribution in [0.3, 0.4) is 0 Å². The van der Waals surface area contributed by atoms with Gasteiger partial charge in [-0.1, -0.05) is 18.6 Å². The van der Waals surface area contributed by atoms with Gasteiger partial charge in [-0.25, -0.2) is 0 Å². The summed E-state index contributed by atoms with van der Waals surface area (Å²) in [6, 6.07) is 8.08. The van der Waals surface area contributed by atoms with E-state index in [9.17, 15) is 4.79 Å². The Kier molecular flexibility index (Phi) is 5.46. The molecular weight excluding hydrogens is 328 g/mol. The van der Waals surface area contributed by atoms with Gasteiger partial charge in [-0.2, -0.15) is 0 Å². The first kappa shape index (κ1) is 17.8. The first-order chi connectivity index (χ1) is 12.7. The maximum absolute atomic E-state index is 13.0. The number of amides is 1. The third-order valence-electron chi connectivity index (χ3n) is 6.25. The van der Waals surface area contributed by atoms with Gasteiger partial charge >= 0.3 is 0 Å². The highest BCUT2D eigenvalue weighted by Gasteiger charge is 2.40. The molecular formula is C21H30N2O3. The molecule has 0 aromatic heterocycles. The summed E-state index contributed by atoms with van der Waals surface area (Å²) in [5, 5.41) is 3.32. The van der Waals surface area contributed by atoms with Gasteiger partial charge in [-0.15, -0.1) is 0 Å². The topological polar surface area (TPSA) is 73.6 Å². The molecule has 1 aromatic carbocycles. The summed E-state index contributed by atoms with van der Waals surface area (Å²) in [6.07, 6.45) is 7.92. The van der Waals surface area contributed by atoms with E-state index in [0.29, 0.717) is 35.8 Å². The molecule has 5 heteroatoms. The van der Waals surface area contributed by atoms with Gasteiger partial charge in [0.25, 0.3) is 5.91 Å². The van der Waals surface area contributed by atoms with E-state index < -0.39 is 0 Å². The molecule has 3 aliphatic rings. The maximum atomic E-state index is 13.0. The molecule has 3 atom stereocenters. The van der Waals surface area contributed by atoms with Crippen molar-refractivity contribution in [1.29, 1.82) is 0 Å². The minimum atomic E-state index is -0.0229. The van der Waals surface area contributed by atoms with Crippen molar-refractivity contribution in [3.63, 3.8) is 0 Å². The molecule has 2 saturated carbocycles. The van der Waals surface area contributed by atoms with Crippen molar-refractivity contribution in [1.82, 2.24) is 5.32 Å². The predicted octanol–water partition coefficient (Wildman–Crippen LogP) is 2.88. The molecule has 1 aromatic rings. The molecule has 1 heterocycles. The number of para-hydroxylation sites is 1. The van der Waals surface area contributed by atoms with E-state index >= 15 is 0 Å². The van der Waals surface area contributed by atoms with Crippen molar-refractivity contribution in [3.8, 4) is 5.75 Å². The van der Waals surface area contributed by atoms with Gasteiger partial charge in [-0.05, 0) is 62.5 Å². The van der Waals surface area contributed by atoms with Crippen LogP contribution in [0.4, 0.5) is 0 Å². The van der Waals surface area contributed by atoms with E-state index in [1.54, 1.807) is 0 Å². The van der Waals surface area contributed by atoms with Gasteiger partial charge in [0, 0.05) is 18.7 Å². The van der Waals surface area contributed by atoms with Crippen LogP contribution in [-0.4, -0.2) is 37.3 Å². The molecule has 142 valence electrons. The summed E-state index contributed by atoms with van der Waals surface area (Å²) in [5.41, 5.74) is 6.83. The molecule has 5 nitrogen and oxygen atoms in total. The second kappa shape index (κ2) is 7.97. The van der Waals surface area contributed by atoms with Crippen molar-refractivity contribution in [3.05, 3.63) is 29.8 Å². The third kappa shape index (κ3) is 3.89. The van der Waals surface area contributed by atoms with Crippen LogP contribution in [0.25, 0.3) is 0 Å². The number of nitrogens with two attached hydrogens (primary N) is 1. The van der Waals surface area contributed by atoms with E-state index in [0.717, 1.165) is 32.3 Å². The lowest BCUT2D eigenvalue weighted by atomic mass is 9.67. The first-order valence-electron chi connectivity index (χ1n) is 10.1. The molecule has 3 fully saturated rings. The summed E-state index contributed by atoms with van der Waals surface area (Å²) in [4.78, 5) is 13.0. The fourth-order valence-corrected chi connectivity index (χ4v) is 4.99. The lowest BCUT2D eigenvalue weighted by molar-refractivity contribution is 0.0657. The van der Waals surface area contributed by atoms with Crippen LogP contribution < -0.4 is 15.8 Å². The van der Waals surface area contributed by atoms with Crippen LogP contribution in [-0.2, 0) is 4.74 Å². The number of carbonyl (C=O) groups excluding carboxylic acids is 1. The van der Waals surface area contributed by atoms with Crippen molar-refractivity contribution in [2.45, 2.75) is 63.1 Å². The molecule has 0 radical (unpaired) electrons. The predicted molar refractivity (Wildman–Crippen MR) is 100 cm³/mol. The monoisotopic (exact) mass is 358 g/mol. The van der Waals surface area contributed by atoms with Crippen LogP contribution in [0.15, 0.2) is 24.3 Å². The molecule has 26 heavy (non-hydrogen) atoms. The van der Waals surface area contributed by atoms with Gasteiger partial charge in [0.15, 0.2) is 0 Å². The van der Waals surface area contributed by atoms with Crippen molar-refractivity contribution in [2.24, 2.45) is 17.6 Å². The fourth-order valence-electron chi connectivity index (χ4n) is 4.99. The summed E-state index contributed by atoms with van der Waals surface area (Å²) in [7, 11) is 0. The molecule has 3 unspecified atom stereocenters. The number of benzene rings is 1. The van der Waals surface area contributed by atoms with Crippen LogP contribution in [0.5, 0.6) is 5.75 Å². The normalized spacial score (nSPS) is 33.7. The number of hydrogen-bond donors (Lipinski definition) is 2. The van der Waals surface area contributed by atoms with E-state index in [-0.39, 0.29) is 18.1 Å². The quantitative estimate of drug-likeness (QED) is 0.849. The van der Waals surface area contributed by atoms with Crippen LogP contribution in [0.1, 0.15) is 55.3 Å². The highest BCUT2D eigenvalue weighted by atomic mass is 16.5. The zero-order valence-corrected chi connectivity index (χ0v) is 15.4. The summed E-state index contributed by atoms with van der Waals surface area (Å²) >= 11 is 0. The van der Waals surface area contributed by atoms with Crippen LogP contribution in [0, 0.1) is 11.8 Å². The Labute approximate surface area is 155 Å². The third-order valence-corrected chi connectivity index (χ3v) is 6.25. The maximum Gasteiger partial charge on any atom is 0.255 e. The average Bonchev–Trinajstić information content (AvgIpc) is 3.14. The SMILES string of the molecule is NC1CC2CCCC(C1)C2NC(=O)c1ccccc1OCC1CCCO1. The van der Waals surface area contributed by atoms with Crippen LogP contribution in [0.2, 0.25) is 0 Å². The summed E-state index contributed by atoms with van der Waals surface area (Å²) < 4.78 is 11.6. The molecule has 1 aliphatic heterocycles. The standard InChI is InChI=1S/C21H30N2O3/c22-16-11-14-5-3-6-15(12-16)20(14)23-21(24)18-8-1-2-9-19(18)26-13-17-7-4-10-25-17/h1-2,8-9,14-17,20H,3-7,10-13,22H2,(H,23,24). The molecule has 4 rings (SSSR count). The first-order valence-corrected chi connectivity index (χ1v) is 10.1. The Morgan fingerprint density at radius 3 is 2.65 bits per heavy atom. The number of fused-ring (bicyclic) bond motifs is 2. The molecule has 1 amide bonds. The van der Waals surface area contributed by atoms with Gasteiger partial charge < -0.3 is 20.5 Å². The molecule has 2 aliphatic carbocycles. The fraction of sp³-hybridized carbons (Fsp3) is 0.667. The number of ether oxygens (including phenoxy) is 2. The molecule has 2 bridgehead atoms. The van der Waals surface area contributed by atoms with Gasteiger partial charge in [0.2, 0.25) is 0 Å². The summed E-state index contributed by atoms with van der Waals surface area (Å²) in [6.45, 7) is 1.32. The number of carbonyl (C=O) groups is 1. The average molecular weight is 358 g/mol. The van der Waals surface area contributed by atoms with E-state index in [4.69, 9.17) is 15.2 Å². The van der Waals surface area contributed by atoms with Crippen molar-refractivity contribution in [2.75, 3.05) is 13.2 Å². The van der Waals surface area contributed by atoms with Gasteiger partial charge in [-0.3, -0.25) is 4.79 Å². The Morgan fingerprint density at radius 1 is 1.15 bits per heavy atom. The van der Waals surface area contributed by atoms with Crippen molar-refractivity contribution >= 4 is 5.91 Å². The van der Waals surface area contributed by atoms with Gasteiger partial charge in [0.05, 0.1) is 11.7 Å². The number of hydrogen-bond acceptors (Lipinski definition) is 4. The second-order valence-corrected chi connectivity index (χ2v) is 8.12. The Hall–Kier alpha value is -1.59. The minimum Gasteiger partial charge on any atom is -0.490 e. The number of nitrogens with one attached hydrogen (secondary N) is 1. The number of rotatable bonds is 5. The van der Waals surface area contributed by atoms with Crippen LogP contribution >= 0.6 is 0 Å². The van der Waals surface area contributed by atoms with E-state index in [1.165, 1.54) is 19.3 Å². The lowest BCUT2D eigenvalue weighted by Gasteiger charge is -2.45. The zero-order chi connectivity index (χ0) is 17.9. The second-order valence-electron chi connectivity index (χ2n) is 8.12. The Morgan fingerprint density at radius 2 is 1.92 bits per heavy atom. The van der Waals surface area contributed by atoms with Gasteiger partial charge in [0.1, 0.15) is 12.4 Å². The highest BCUT2D eigenvalue weighted by Crippen LogP contribution is 2.40. The largest absolute Gasteiger partial charge is 0.490 e. The van der Waals surface area contributed by atoms with Crippen molar-refractivity contribution < 1.29 is 14.3 Å². The lowest BCUT2D eigenvalue weighted by Crippen LogP contribution is -2.53. The summed E-state index contributed by atoms with van der Waals surface area (Å²) in [5.74, 6) is 1.66. The van der Waals surface area contributed by atoms with E-state index in [2.05, 4.69) is 5.32 Å².